The second-order valence-electron chi connectivity index (χ2n) is 5.84. The number of carbonyl (C=O) groups excluding carboxylic acids is 1. The van der Waals surface area contributed by atoms with Crippen LogP contribution in [0.4, 0.5) is 4.39 Å². The normalized spacial score (nSPS) is 25.7. The number of methoxy groups -OCH3 is 1. The largest absolute Gasteiger partial charge is 0.496 e. The molecular weight excluding hydrogens is 287 g/mol. The molecule has 0 unspecified atom stereocenters. The first kappa shape index (κ1) is 15.2. The molecule has 0 N–H and O–H groups in total. The van der Waals surface area contributed by atoms with Gasteiger partial charge in [-0.05, 0) is 25.6 Å². The first-order valence-electron chi connectivity index (χ1n) is 7.55. The number of ether oxygens (including phenoxy) is 2. The van der Waals surface area contributed by atoms with Crippen molar-refractivity contribution in [2.75, 3.05) is 40.4 Å². The van der Waals surface area contributed by atoms with E-state index >= 15 is 0 Å². The van der Waals surface area contributed by atoms with Gasteiger partial charge < -0.3 is 19.3 Å². The van der Waals surface area contributed by atoms with Crippen molar-refractivity contribution >= 4 is 5.91 Å². The topological polar surface area (TPSA) is 42.0 Å². The van der Waals surface area contributed by atoms with Crippen molar-refractivity contribution in [2.45, 2.75) is 18.6 Å². The number of amides is 1. The first-order valence-corrected chi connectivity index (χ1v) is 7.55. The fourth-order valence-electron chi connectivity index (χ4n) is 3.31. The van der Waals surface area contributed by atoms with Gasteiger partial charge in [-0.2, -0.15) is 0 Å². The van der Waals surface area contributed by atoms with E-state index in [1.54, 1.807) is 17.0 Å². The molecule has 2 saturated heterocycles. The molecule has 0 saturated carbocycles. The number of likely N-dealkylation sites (N-methyl/N-ethyl adjacent to an activating group) is 1. The van der Waals surface area contributed by atoms with Crippen molar-refractivity contribution in [1.82, 2.24) is 9.80 Å². The number of hydrogen-bond acceptors (Lipinski definition) is 4. The Morgan fingerprint density at radius 3 is 3.00 bits per heavy atom. The highest BCUT2D eigenvalue weighted by molar-refractivity contribution is 5.97. The number of likely N-dealkylation sites (tertiary alicyclic amines) is 1. The molecule has 0 aliphatic carbocycles. The van der Waals surface area contributed by atoms with E-state index in [0.29, 0.717) is 13.2 Å². The van der Waals surface area contributed by atoms with Crippen molar-refractivity contribution in [3.63, 3.8) is 0 Å². The number of carbonyl (C=O) groups is 1. The molecule has 1 aromatic carbocycles. The number of hydrogen-bond donors (Lipinski definition) is 0. The zero-order valence-electron chi connectivity index (χ0n) is 12.9. The first-order chi connectivity index (χ1) is 10.6. The van der Waals surface area contributed by atoms with E-state index in [2.05, 4.69) is 4.90 Å². The Bertz CT molecular complexity index is 566. The summed E-state index contributed by atoms with van der Waals surface area (Å²) in [6.07, 6.45) is 0.922. The van der Waals surface area contributed by atoms with Gasteiger partial charge in [0.1, 0.15) is 17.1 Å². The number of morpholine rings is 1. The minimum Gasteiger partial charge on any atom is -0.496 e. The Labute approximate surface area is 129 Å². The summed E-state index contributed by atoms with van der Waals surface area (Å²) >= 11 is 0. The fourth-order valence-corrected chi connectivity index (χ4v) is 3.31. The van der Waals surface area contributed by atoms with Crippen LogP contribution in [0.25, 0.3) is 0 Å². The maximum Gasteiger partial charge on any atom is 0.261 e. The molecule has 5 nitrogen and oxygen atoms in total. The van der Waals surface area contributed by atoms with Gasteiger partial charge in [0.05, 0.1) is 25.9 Å². The van der Waals surface area contributed by atoms with Crippen molar-refractivity contribution < 1.29 is 18.7 Å². The number of piperidine rings is 1. The molecule has 0 aromatic heterocycles. The maximum atomic E-state index is 14.2. The van der Waals surface area contributed by atoms with Gasteiger partial charge in [-0.15, -0.1) is 0 Å². The zero-order chi connectivity index (χ0) is 15.7. The zero-order valence-corrected chi connectivity index (χ0v) is 12.9. The van der Waals surface area contributed by atoms with E-state index in [9.17, 15) is 9.18 Å². The molecule has 2 atom stereocenters. The molecule has 3 rings (SSSR count). The third-order valence-corrected chi connectivity index (χ3v) is 4.46. The third-order valence-electron chi connectivity index (χ3n) is 4.46. The maximum absolute atomic E-state index is 14.2. The van der Waals surface area contributed by atoms with E-state index < -0.39 is 5.82 Å². The van der Waals surface area contributed by atoms with Crippen LogP contribution in [0.15, 0.2) is 18.2 Å². The Balaban J connectivity index is 1.91. The van der Waals surface area contributed by atoms with Gasteiger partial charge in [0.15, 0.2) is 0 Å². The summed E-state index contributed by atoms with van der Waals surface area (Å²) < 4.78 is 25.1. The molecule has 0 radical (unpaired) electrons. The average molecular weight is 308 g/mol. The monoisotopic (exact) mass is 308 g/mol. The molecule has 6 heteroatoms. The van der Waals surface area contributed by atoms with Gasteiger partial charge in [-0.3, -0.25) is 4.79 Å². The van der Waals surface area contributed by atoms with Crippen LogP contribution >= 0.6 is 0 Å². The van der Waals surface area contributed by atoms with Gasteiger partial charge in [-0.1, -0.05) is 6.07 Å². The number of benzene rings is 1. The summed E-state index contributed by atoms with van der Waals surface area (Å²) in [5.74, 6) is -0.586. The van der Waals surface area contributed by atoms with Gasteiger partial charge in [0.25, 0.3) is 5.91 Å². The van der Waals surface area contributed by atoms with Crippen LogP contribution in [0.5, 0.6) is 5.75 Å². The van der Waals surface area contributed by atoms with E-state index in [4.69, 9.17) is 9.47 Å². The average Bonchev–Trinajstić information content (AvgIpc) is 2.53. The highest BCUT2D eigenvalue weighted by Crippen LogP contribution is 2.28. The molecule has 0 bridgehead atoms. The third kappa shape index (κ3) is 2.68. The van der Waals surface area contributed by atoms with Crippen molar-refractivity contribution in [2.24, 2.45) is 0 Å². The molecule has 1 aromatic rings. The smallest absolute Gasteiger partial charge is 0.261 e. The van der Waals surface area contributed by atoms with E-state index in [-0.39, 0.29) is 29.4 Å². The van der Waals surface area contributed by atoms with E-state index in [0.717, 1.165) is 19.5 Å². The Kier molecular flexibility index (Phi) is 4.31. The number of halogens is 1. The summed E-state index contributed by atoms with van der Waals surface area (Å²) in [5, 5.41) is 0. The van der Waals surface area contributed by atoms with Crippen LogP contribution in [0.3, 0.4) is 0 Å². The van der Waals surface area contributed by atoms with Gasteiger partial charge in [0, 0.05) is 19.6 Å². The van der Waals surface area contributed by atoms with Crippen LogP contribution in [-0.2, 0) is 4.74 Å². The highest BCUT2D eigenvalue weighted by Gasteiger charge is 2.39. The van der Waals surface area contributed by atoms with Gasteiger partial charge >= 0.3 is 0 Å². The molecular formula is C16H21FN2O3. The van der Waals surface area contributed by atoms with Crippen LogP contribution in [0.1, 0.15) is 16.8 Å². The molecule has 2 aliphatic rings. The summed E-state index contributed by atoms with van der Waals surface area (Å²) in [4.78, 5) is 16.8. The van der Waals surface area contributed by atoms with E-state index in [1.165, 1.54) is 13.2 Å². The number of nitrogens with zero attached hydrogens (tertiary/aromatic N) is 2. The number of rotatable bonds is 2. The minimum absolute atomic E-state index is 0.0128. The lowest BCUT2D eigenvalue weighted by Gasteiger charge is -2.46. The van der Waals surface area contributed by atoms with Crippen LogP contribution in [0, 0.1) is 5.82 Å². The second-order valence-corrected chi connectivity index (χ2v) is 5.84. The lowest BCUT2D eigenvalue weighted by Crippen LogP contribution is -2.60. The number of fused-ring (bicyclic) bond motifs is 1. The standard InChI is InChI=1S/C16H21FN2O3/c1-18-7-6-13-12(10-18)19(8-9-22-13)16(20)15-11(17)4-3-5-14(15)21-2/h3-5,12-13H,6-10H2,1-2H3/t12-,13-/m0/s1. The second kappa shape index (κ2) is 6.22. The molecule has 2 heterocycles. The molecule has 120 valence electrons. The predicted octanol–water partition coefficient (Wildman–Crippen LogP) is 1.38. The lowest BCUT2D eigenvalue weighted by molar-refractivity contribution is -0.0871. The summed E-state index contributed by atoms with van der Waals surface area (Å²) in [7, 11) is 3.47. The molecule has 2 fully saturated rings. The fraction of sp³-hybridized carbons (Fsp3) is 0.562. The van der Waals surface area contributed by atoms with Crippen molar-refractivity contribution in [3.05, 3.63) is 29.6 Å². The van der Waals surface area contributed by atoms with Crippen LogP contribution in [-0.4, -0.2) is 68.3 Å². The Hall–Kier alpha value is -1.66. The van der Waals surface area contributed by atoms with Crippen LogP contribution in [0.2, 0.25) is 0 Å². The Morgan fingerprint density at radius 1 is 1.41 bits per heavy atom. The molecule has 1 amide bonds. The molecule has 2 aliphatic heterocycles. The quantitative estimate of drug-likeness (QED) is 0.828. The highest BCUT2D eigenvalue weighted by atomic mass is 19.1. The van der Waals surface area contributed by atoms with E-state index in [1.807, 2.05) is 7.05 Å². The predicted molar refractivity (Wildman–Crippen MR) is 79.6 cm³/mol. The molecule has 22 heavy (non-hydrogen) atoms. The van der Waals surface area contributed by atoms with Crippen LogP contribution < -0.4 is 4.74 Å². The van der Waals surface area contributed by atoms with Gasteiger partial charge in [-0.25, -0.2) is 4.39 Å². The minimum atomic E-state index is -0.545. The SMILES string of the molecule is COc1cccc(F)c1C(=O)N1CCO[C@H]2CCN(C)C[C@@H]21. The Morgan fingerprint density at radius 2 is 2.23 bits per heavy atom. The summed E-state index contributed by atoms with van der Waals surface area (Å²) in [6.45, 7) is 2.66. The molecule has 0 spiro atoms. The summed E-state index contributed by atoms with van der Waals surface area (Å²) in [6, 6.07) is 4.41. The van der Waals surface area contributed by atoms with Gasteiger partial charge in [0.2, 0.25) is 0 Å². The van der Waals surface area contributed by atoms with Crippen molar-refractivity contribution in [3.8, 4) is 5.75 Å². The van der Waals surface area contributed by atoms with Crippen molar-refractivity contribution in [1.29, 1.82) is 0 Å². The summed E-state index contributed by atoms with van der Waals surface area (Å²) in [5.41, 5.74) is 0.0128. The lowest BCUT2D eigenvalue weighted by atomic mass is 9.98.